The number of aryl methyl sites for hydroxylation is 2. The van der Waals surface area contributed by atoms with Gasteiger partial charge in [0.05, 0.1) is 19.3 Å². The molecule has 1 aromatic heterocycles. The molecule has 2 heterocycles. The van der Waals surface area contributed by atoms with Crippen LogP contribution < -0.4 is 0 Å². The molecule has 0 amide bonds. The molecule has 2 rings (SSSR count). The summed E-state index contributed by atoms with van der Waals surface area (Å²) in [6.07, 6.45) is 0. The van der Waals surface area contributed by atoms with Crippen molar-refractivity contribution in [1.82, 2.24) is 4.57 Å². The molecule has 1 aliphatic rings. The van der Waals surface area contributed by atoms with Gasteiger partial charge in [0.25, 0.3) is 0 Å². The molecule has 2 heteroatoms. The van der Waals surface area contributed by atoms with Crippen LogP contribution >= 0.6 is 0 Å². The van der Waals surface area contributed by atoms with Gasteiger partial charge >= 0.3 is 0 Å². The van der Waals surface area contributed by atoms with Gasteiger partial charge in [0.15, 0.2) is 0 Å². The zero-order chi connectivity index (χ0) is 10.3. The zero-order valence-corrected chi connectivity index (χ0v) is 9.50. The fourth-order valence-corrected chi connectivity index (χ4v) is 2.35. The summed E-state index contributed by atoms with van der Waals surface area (Å²) >= 11 is 0. The molecular weight excluding hydrogens is 174 g/mol. The Balaban J connectivity index is 2.40. The van der Waals surface area contributed by atoms with E-state index in [1.807, 2.05) is 0 Å². The minimum atomic E-state index is 0.258. The van der Waals surface area contributed by atoms with Gasteiger partial charge in [-0.15, -0.1) is 0 Å². The molecule has 0 radical (unpaired) electrons. The topological polar surface area (TPSA) is 14.2 Å². The number of nitrogens with zero attached hydrogens (tertiary/aromatic N) is 1. The highest BCUT2D eigenvalue weighted by molar-refractivity contribution is 5.16. The average Bonchev–Trinajstić information content (AvgIpc) is 2.57. The summed E-state index contributed by atoms with van der Waals surface area (Å²) in [7, 11) is 0. The lowest BCUT2D eigenvalue weighted by Crippen LogP contribution is -2.26. The summed E-state index contributed by atoms with van der Waals surface area (Å²) in [4.78, 5) is 0. The van der Waals surface area contributed by atoms with E-state index in [1.165, 1.54) is 11.4 Å². The Bertz CT molecular complexity index is 319. The van der Waals surface area contributed by atoms with Crippen LogP contribution in [0.15, 0.2) is 12.1 Å². The van der Waals surface area contributed by atoms with E-state index in [0.29, 0.717) is 6.04 Å². The van der Waals surface area contributed by atoms with E-state index in [9.17, 15) is 0 Å². The van der Waals surface area contributed by atoms with Crippen molar-refractivity contribution in [3.63, 3.8) is 0 Å². The van der Waals surface area contributed by atoms with Gasteiger partial charge in [-0.3, -0.25) is 0 Å². The smallest absolute Gasteiger partial charge is 0.0680 e. The Hall–Kier alpha value is -0.760. The fourth-order valence-electron chi connectivity index (χ4n) is 2.35. The van der Waals surface area contributed by atoms with Crippen molar-refractivity contribution in [3.05, 3.63) is 23.5 Å². The predicted octanol–water partition coefficient (Wildman–Crippen LogP) is 2.70. The lowest BCUT2D eigenvalue weighted by atomic mass is 9.87. The van der Waals surface area contributed by atoms with Gasteiger partial charge < -0.3 is 9.30 Å². The van der Waals surface area contributed by atoms with Crippen molar-refractivity contribution in [1.29, 1.82) is 0 Å². The molecule has 2 nitrogen and oxygen atoms in total. The predicted molar refractivity (Wildman–Crippen MR) is 57.5 cm³/mol. The highest BCUT2D eigenvalue weighted by atomic mass is 16.5. The Kier molecular flexibility index (Phi) is 2.18. The van der Waals surface area contributed by atoms with Crippen molar-refractivity contribution in [2.24, 2.45) is 5.41 Å². The number of hydrogen-bond donors (Lipinski definition) is 0. The van der Waals surface area contributed by atoms with Gasteiger partial charge in [-0.05, 0) is 26.0 Å². The largest absolute Gasteiger partial charge is 0.379 e. The van der Waals surface area contributed by atoms with E-state index in [4.69, 9.17) is 4.74 Å². The third-order valence-electron chi connectivity index (χ3n) is 3.29. The number of aromatic nitrogens is 1. The Morgan fingerprint density at radius 1 is 1.29 bits per heavy atom. The molecular formula is C12H19NO. The molecule has 0 aromatic carbocycles. The summed E-state index contributed by atoms with van der Waals surface area (Å²) in [5.41, 5.74) is 2.94. The summed E-state index contributed by atoms with van der Waals surface area (Å²) < 4.78 is 8.00. The molecule has 78 valence electrons. The molecule has 0 aliphatic carbocycles. The lowest BCUT2D eigenvalue weighted by molar-refractivity contribution is 0.166. The standard InChI is InChI=1S/C12H19NO/c1-9-5-6-10(2)13(9)11-7-14-8-12(11,3)4/h5-6,11H,7-8H2,1-4H3. The van der Waals surface area contributed by atoms with Gasteiger partial charge in [0.2, 0.25) is 0 Å². The van der Waals surface area contributed by atoms with Crippen LogP contribution in [0, 0.1) is 19.3 Å². The maximum absolute atomic E-state index is 5.59. The van der Waals surface area contributed by atoms with Crippen molar-refractivity contribution in [2.75, 3.05) is 13.2 Å². The summed E-state index contributed by atoms with van der Waals surface area (Å²) in [5.74, 6) is 0. The average molecular weight is 193 g/mol. The summed E-state index contributed by atoms with van der Waals surface area (Å²) in [6, 6.07) is 4.87. The van der Waals surface area contributed by atoms with Crippen LogP contribution in [0.1, 0.15) is 31.3 Å². The second-order valence-electron chi connectivity index (χ2n) is 5.01. The molecule has 1 unspecified atom stereocenters. The van der Waals surface area contributed by atoms with Crippen molar-refractivity contribution >= 4 is 0 Å². The molecule has 1 aromatic rings. The first-order chi connectivity index (χ1) is 6.52. The van der Waals surface area contributed by atoms with Crippen LogP contribution in [0.2, 0.25) is 0 Å². The Labute approximate surface area is 85.9 Å². The van der Waals surface area contributed by atoms with Crippen molar-refractivity contribution in [2.45, 2.75) is 33.7 Å². The van der Waals surface area contributed by atoms with Crippen LogP contribution in [-0.2, 0) is 4.74 Å². The molecule has 1 aliphatic heterocycles. The monoisotopic (exact) mass is 193 g/mol. The van der Waals surface area contributed by atoms with E-state index < -0.39 is 0 Å². The molecule has 1 atom stereocenters. The fraction of sp³-hybridized carbons (Fsp3) is 0.667. The summed E-state index contributed by atoms with van der Waals surface area (Å²) in [5, 5.41) is 0. The minimum absolute atomic E-state index is 0.258. The maximum atomic E-state index is 5.59. The Morgan fingerprint density at radius 2 is 1.86 bits per heavy atom. The van der Waals surface area contributed by atoms with Gasteiger partial charge in [0, 0.05) is 16.8 Å². The van der Waals surface area contributed by atoms with Crippen LogP contribution in [0.3, 0.4) is 0 Å². The third kappa shape index (κ3) is 1.38. The Morgan fingerprint density at radius 3 is 2.29 bits per heavy atom. The number of ether oxygens (including phenoxy) is 1. The third-order valence-corrected chi connectivity index (χ3v) is 3.29. The van der Waals surface area contributed by atoms with Gasteiger partial charge in [-0.1, -0.05) is 13.8 Å². The molecule has 1 fully saturated rings. The van der Waals surface area contributed by atoms with E-state index in [0.717, 1.165) is 13.2 Å². The molecule has 14 heavy (non-hydrogen) atoms. The van der Waals surface area contributed by atoms with Crippen LogP contribution in [0.4, 0.5) is 0 Å². The molecule has 0 bridgehead atoms. The van der Waals surface area contributed by atoms with E-state index in [1.54, 1.807) is 0 Å². The van der Waals surface area contributed by atoms with Crippen LogP contribution in [0.25, 0.3) is 0 Å². The maximum Gasteiger partial charge on any atom is 0.0680 e. The second kappa shape index (κ2) is 3.13. The van der Waals surface area contributed by atoms with Crippen LogP contribution in [-0.4, -0.2) is 17.8 Å². The highest BCUT2D eigenvalue weighted by Crippen LogP contribution is 2.38. The first kappa shape index (κ1) is 9.78. The molecule has 0 N–H and O–H groups in total. The van der Waals surface area contributed by atoms with Gasteiger partial charge in [-0.25, -0.2) is 0 Å². The SMILES string of the molecule is Cc1ccc(C)n1C1COCC1(C)C. The summed E-state index contributed by atoms with van der Waals surface area (Å²) in [6.45, 7) is 10.6. The van der Waals surface area contributed by atoms with E-state index in [2.05, 4.69) is 44.4 Å². The number of rotatable bonds is 1. The second-order valence-corrected chi connectivity index (χ2v) is 5.01. The first-order valence-corrected chi connectivity index (χ1v) is 5.24. The molecule has 0 saturated carbocycles. The van der Waals surface area contributed by atoms with Gasteiger partial charge in [-0.2, -0.15) is 0 Å². The van der Waals surface area contributed by atoms with Gasteiger partial charge in [0.1, 0.15) is 0 Å². The molecule has 1 saturated heterocycles. The zero-order valence-electron chi connectivity index (χ0n) is 9.50. The van der Waals surface area contributed by atoms with Crippen molar-refractivity contribution in [3.8, 4) is 0 Å². The van der Waals surface area contributed by atoms with Crippen LogP contribution in [0.5, 0.6) is 0 Å². The quantitative estimate of drug-likeness (QED) is 0.669. The first-order valence-electron chi connectivity index (χ1n) is 5.24. The van der Waals surface area contributed by atoms with E-state index in [-0.39, 0.29) is 5.41 Å². The molecule has 0 spiro atoms. The van der Waals surface area contributed by atoms with E-state index >= 15 is 0 Å². The normalized spacial score (nSPS) is 25.6. The highest BCUT2D eigenvalue weighted by Gasteiger charge is 2.37. The lowest BCUT2D eigenvalue weighted by Gasteiger charge is -2.28. The minimum Gasteiger partial charge on any atom is -0.379 e. The number of hydrogen-bond acceptors (Lipinski definition) is 1. The van der Waals surface area contributed by atoms with Crippen molar-refractivity contribution < 1.29 is 4.74 Å².